The molecule has 1 N–H and O–H groups in total. The summed E-state index contributed by atoms with van der Waals surface area (Å²) in [5.74, 6) is 1.52. The first kappa shape index (κ1) is 18.1. The summed E-state index contributed by atoms with van der Waals surface area (Å²) in [5, 5.41) is 23.4. The molecule has 0 saturated carbocycles. The normalized spacial score (nSPS) is 16.6. The Labute approximate surface area is 159 Å². The molecule has 4 rings (SSSR count). The Morgan fingerprint density at radius 3 is 2.70 bits per heavy atom. The van der Waals surface area contributed by atoms with E-state index in [9.17, 15) is 0 Å². The lowest BCUT2D eigenvalue weighted by molar-refractivity contribution is 0.179. The maximum atomic E-state index is 8.98. The minimum absolute atomic E-state index is 0.254. The number of piperidine rings is 1. The van der Waals surface area contributed by atoms with Crippen LogP contribution in [0.15, 0.2) is 28.7 Å². The number of fused-ring (bicyclic) bond motifs is 1. The van der Waals surface area contributed by atoms with E-state index in [1.54, 1.807) is 0 Å². The molecule has 0 amide bonds. The summed E-state index contributed by atoms with van der Waals surface area (Å²) in [6, 6.07) is 8.42. The summed E-state index contributed by atoms with van der Waals surface area (Å²) in [6.45, 7) is 7.46. The Morgan fingerprint density at radius 2 is 1.96 bits per heavy atom. The van der Waals surface area contributed by atoms with Crippen LogP contribution in [0.2, 0.25) is 0 Å². The van der Waals surface area contributed by atoms with Gasteiger partial charge >= 0.3 is 0 Å². The number of rotatable bonds is 6. The number of para-hydroxylation sites is 1. The fourth-order valence-corrected chi connectivity index (χ4v) is 3.83. The average Bonchev–Trinajstić information content (AvgIpc) is 3.31. The third-order valence-corrected chi connectivity index (χ3v) is 5.32. The van der Waals surface area contributed by atoms with Gasteiger partial charge in [0.25, 0.3) is 5.89 Å². The molecule has 144 valence electrons. The molecule has 1 aromatic carbocycles. The quantitative estimate of drug-likeness (QED) is 0.718. The van der Waals surface area contributed by atoms with Crippen molar-refractivity contribution in [3.05, 3.63) is 30.2 Å². The van der Waals surface area contributed by atoms with E-state index in [0.29, 0.717) is 11.8 Å². The van der Waals surface area contributed by atoms with Crippen molar-refractivity contribution in [3.8, 4) is 11.6 Å². The number of benzene rings is 1. The van der Waals surface area contributed by atoms with E-state index in [0.717, 1.165) is 61.4 Å². The highest BCUT2D eigenvalue weighted by Gasteiger charge is 2.26. The predicted molar refractivity (Wildman–Crippen MR) is 104 cm³/mol. The first-order valence-corrected chi connectivity index (χ1v) is 9.81. The highest BCUT2D eigenvalue weighted by Crippen LogP contribution is 2.32. The molecule has 3 aromatic rings. The van der Waals surface area contributed by atoms with Crippen molar-refractivity contribution in [2.24, 2.45) is 0 Å². The van der Waals surface area contributed by atoms with Gasteiger partial charge in [-0.2, -0.15) is 5.10 Å². The Balaban J connectivity index is 1.55. The van der Waals surface area contributed by atoms with Crippen LogP contribution in [-0.4, -0.2) is 56.2 Å². The molecule has 1 fully saturated rings. The molecule has 0 bridgehead atoms. The summed E-state index contributed by atoms with van der Waals surface area (Å²) in [6.07, 6.45) is 2.85. The Kier molecular flexibility index (Phi) is 5.22. The van der Waals surface area contributed by atoms with Gasteiger partial charge in [0, 0.05) is 30.5 Å². The fourth-order valence-electron chi connectivity index (χ4n) is 3.83. The molecule has 2 aromatic heterocycles. The Morgan fingerprint density at radius 1 is 1.19 bits per heavy atom. The van der Waals surface area contributed by atoms with E-state index in [1.807, 2.05) is 16.8 Å². The van der Waals surface area contributed by atoms with Crippen LogP contribution in [0.4, 0.5) is 0 Å². The van der Waals surface area contributed by atoms with Crippen LogP contribution >= 0.6 is 0 Å². The molecule has 0 aliphatic carbocycles. The molecule has 0 atom stereocenters. The zero-order valence-electron chi connectivity index (χ0n) is 16.0. The molecule has 27 heavy (non-hydrogen) atoms. The lowest BCUT2D eigenvalue weighted by Gasteiger charge is -2.30. The molecule has 7 heteroatoms. The SMILES string of the molecule is CC(C)n1nc(-c2nnc(C3CCN(CCCO)CC3)o2)c2ccccc21. The summed E-state index contributed by atoms with van der Waals surface area (Å²) in [5.41, 5.74) is 1.85. The Hall–Kier alpha value is -2.25. The van der Waals surface area contributed by atoms with Crippen LogP contribution in [0.25, 0.3) is 22.5 Å². The molecular weight excluding hydrogens is 342 g/mol. The fraction of sp³-hybridized carbons (Fsp3) is 0.550. The summed E-state index contributed by atoms with van der Waals surface area (Å²) >= 11 is 0. The molecule has 1 aliphatic rings. The van der Waals surface area contributed by atoms with Crippen LogP contribution in [-0.2, 0) is 0 Å². The molecule has 0 spiro atoms. The molecule has 0 unspecified atom stereocenters. The van der Waals surface area contributed by atoms with Gasteiger partial charge in [-0.25, -0.2) is 0 Å². The molecule has 7 nitrogen and oxygen atoms in total. The lowest BCUT2D eigenvalue weighted by Crippen LogP contribution is -2.34. The maximum absolute atomic E-state index is 8.98. The van der Waals surface area contributed by atoms with Crippen molar-refractivity contribution in [1.29, 1.82) is 0 Å². The minimum atomic E-state index is 0.254. The predicted octanol–water partition coefficient (Wildman–Crippen LogP) is 3.23. The zero-order chi connectivity index (χ0) is 18.8. The summed E-state index contributed by atoms with van der Waals surface area (Å²) in [7, 11) is 0. The van der Waals surface area contributed by atoms with Gasteiger partial charge < -0.3 is 14.4 Å². The number of aliphatic hydroxyl groups is 1. The van der Waals surface area contributed by atoms with Gasteiger partial charge in [0.1, 0.15) is 0 Å². The van der Waals surface area contributed by atoms with Crippen LogP contribution in [0, 0.1) is 0 Å². The van der Waals surface area contributed by atoms with Crippen LogP contribution < -0.4 is 0 Å². The number of hydrogen-bond donors (Lipinski definition) is 1. The first-order valence-electron chi connectivity index (χ1n) is 9.81. The first-order chi connectivity index (χ1) is 13.2. The van der Waals surface area contributed by atoms with E-state index >= 15 is 0 Å². The van der Waals surface area contributed by atoms with Crippen molar-refractivity contribution in [1.82, 2.24) is 24.9 Å². The van der Waals surface area contributed by atoms with Gasteiger partial charge in [-0.1, -0.05) is 18.2 Å². The van der Waals surface area contributed by atoms with Gasteiger partial charge in [0.2, 0.25) is 5.89 Å². The molecule has 1 saturated heterocycles. The van der Waals surface area contributed by atoms with E-state index in [4.69, 9.17) is 14.6 Å². The number of likely N-dealkylation sites (tertiary alicyclic amines) is 1. The smallest absolute Gasteiger partial charge is 0.268 e. The van der Waals surface area contributed by atoms with Crippen LogP contribution in [0.5, 0.6) is 0 Å². The molecule has 3 heterocycles. The maximum Gasteiger partial charge on any atom is 0.268 e. The largest absolute Gasteiger partial charge is 0.419 e. The zero-order valence-corrected chi connectivity index (χ0v) is 16.0. The minimum Gasteiger partial charge on any atom is -0.419 e. The lowest BCUT2D eigenvalue weighted by atomic mass is 9.97. The second-order valence-corrected chi connectivity index (χ2v) is 7.54. The number of aliphatic hydroxyl groups excluding tert-OH is 1. The van der Waals surface area contributed by atoms with Crippen LogP contribution in [0.1, 0.15) is 51.0 Å². The van der Waals surface area contributed by atoms with Gasteiger partial charge in [0.05, 0.1) is 5.52 Å². The second kappa shape index (κ2) is 7.78. The number of nitrogens with zero attached hydrogens (tertiary/aromatic N) is 5. The topological polar surface area (TPSA) is 80.2 Å². The monoisotopic (exact) mass is 369 g/mol. The van der Waals surface area contributed by atoms with Crippen molar-refractivity contribution in [2.75, 3.05) is 26.2 Å². The van der Waals surface area contributed by atoms with Crippen molar-refractivity contribution in [2.45, 2.75) is 45.1 Å². The van der Waals surface area contributed by atoms with Gasteiger partial charge in [-0.3, -0.25) is 4.68 Å². The van der Waals surface area contributed by atoms with Crippen molar-refractivity contribution in [3.63, 3.8) is 0 Å². The summed E-state index contributed by atoms with van der Waals surface area (Å²) in [4.78, 5) is 2.39. The highest BCUT2D eigenvalue weighted by atomic mass is 16.4. The third-order valence-electron chi connectivity index (χ3n) is 5.32. The molecular formula is C20H27N5O2. The number of hydrogen-bond acceptors (Lipinski definition) is 6. The van der Waals surface area contributed by atoms with Crippen molar-refractivity contribution >= 4 is 10.9 Å². The van der Waals surface area contributed by atoms with E-state index in [2.05, 4.69) is 41.1 Å². The average molecular weight is 369 g/mol. The van der Waals surface area contributed by atoms with Gasteiger partial charge in [-0.15, -0.1) is 10.2 Å². The standard InChI is InChI=1S/C20H27N5O2/c1-14(2)25-17-7-4-3-6-16(17)18(23-25)20-22-21-19(27-20)15-8-11-24(12-9-15)10-5-13-26/h3-4,6-7,14-15,26H,5,8-13H2,1-2H3. The van der Waals surface area contributed by atoms with E-state index in [-0.39, 0.29) is 12.6 Å². The third kappa shape index (κ3) is 3.61. The van der Waals surface area contributed by atoms with E-state index in [1.165, 1.54) is 0 Å². The van der Waals surface area contributed by atoms with Gasteiger partial charge in [-0.05, 0) is 52.3 Å². The summed E-state index contributed by atoms with van der Waals surface area (Å²) < 4.78 is 8.08. The van der Waals surface area contributed by atoms with Crippen molar-refractivity contribution < 1.29 is 9.52 Å². The van der Waals surface area contributed by atoms with Gasteiger partial charge in [0.15, 0.2) is 5.69 Å². The Bertz CT molecular complexity index is 893. The highest BCUT2D eigenvalue weighted by molar-refractivity contribution is 5.91. The van der Waals surface area contributed by atoms with E-state index < -0.39 is 0 Å². The second-order valence-electron chi connectivity index (χ2n) is 7.54. The molecule has 0 radical (unpaired) electrons. The molecule has 1 aliphatic heterocycles. The number of aromatic nitrogens is 4. The van der Waals surface area contributed by atoms with Crippen LogP contribution in [0.3, 0.4) is 0 Å².